The maximum atomic E-state index is 12.0. The molecule has 1 aromatic carbocycles. The summed E-state index contributed by atoms with van der Waals surface area (Å²) in [5.74, 6) is 1.57. The van der Waals surface area contributed by atoms with E-state index >= 15 is 0 Å². The molecule has 2 heterocycles. The smallest absolute Gasteiger partial charge is 0.287 e. The van der Waals surface area contributed by atoms with Crippen LogP contribution in [0.2, 0.25) is 0 Å². The van der Waals surface area contributed by atoms with Crippen LogP contribution in [0.1, 0.15) is 22.2 Å². The zero-order valence-electron chi connectivity index (χ0n) is 12.5. The van der Waals surface area contributed by atoms with Crippen molar-refractivity contribution < 1.29 is 18.7 Å². The van der Waals surface area contributed by atoms with Crippen molar-refractivity contribution in [1.82, 2.24) is 10.2 Å². The first-order chi connectivity index (χ1) is 10.6. The summed E-state index contributed by atoms with van der Waals surface area (Å²) in [7, 11) is 3.93. The molecule has 6 nitrogen and oxygen atoms in total. The van der Waals surface area contributed by atoms with E-state index in [4.69, 9.17) is 13.9 Å². The number of carbonyl (C=O) groups is 1. The summed E-state index contributed by atoms with van der Waals surface area (Å²) in [6, 6.07) is 9.18. The van der Waals surface area contributed by atoms with Crippen molar-refractivity contribution in [2.45, 2.75) is 6.04 Å². The Kier molecular flexibility index (Phi) is 4.02. The van der Waals surface area contributed by atoms with Gasteiger partial charge in [0.1, 0.15) is 0 Å². The first-order valence-corrected chi connectivity index (χ1v) is 7.03. The van der Waals surface area contributed by atoms with Crippen LogP contribution < -0.4 is 14.8 Å². The standard InChI is InChI=1S/C16H18N2O4/c1-18(2)12(9-17-16(19)14-4-3-7-20-14)11-5-6-13-15(8-11)22-10-21-13/h3-8,12H,9-10H2,1-2H3,(H,17,19). The Morgan fingerprint density at radius 3 is 2.82 bits per heavy atom. The maximum absolute atomic E-state index is 12.0. The first kappa shape index (κ1) is 14.5. The van der Waals surface area contributed by atoms with Crippen LogP contribution in [0.4, 0.5) is 0 Å². The lowest BCUT2D eigenvalue weighted by atomic mass is 10.1. The molecule has 0 fully saturated rings. The second-order valence-corrected chi connectivity index (χ2v) is 5.28. The van der Waals surface area contributed by atoms with Gasteiger partial charge in [-0.25, -0.2) is 0 Å². The number of furan rings is 1. The molecule has 1 aliphatic heterocycles. The van der Waals surface area contributed by atoms with Gasteiger partial charge in [0, 0.05) is 6.54 Å². The molecule has 0 bridgehead atoms. The van der Waals surface area contributed by atoms with Gasteiger partial charge in [-0.1, -0.05) is 6.07 Å². The number of likely N-dealkylation sites (N-methyl/N-ethyl adjacent to an activating group) is 1. The lowest BCUT2D eigenvalue weighted by Crippen LogP contribution is -2.34. The summed E-state index contributed by atoms with van der Waals surface area (Å²) in [6.07, 6.45) is 1.48. The Morgan fingerprint density at radius 1 is 1.27 bits per heavy atom. The molecule has 1 aliphatic rings. The summed E-state index contributed by atoms with van der Waals surface area (Å²) in [4.78, 5) is 14.0. The van der Waals surface area contributed by atoms with Gasteiger partial charge < -0.3 is 24.1 Å². The van der Waals surface area contributed by atoms with E-state index in [-0.39, 0.29) is 18.7 Å². The average molecular weight is 302 g/mol. The van der Waals surface area contributed by atoms with Crippen molar-refractivity contribution in [3.8, 4) is 11.5 Å². The van der Waals surface area contributed by atoms with Crippen LogP contribution in [0.5, 0.6) is 11.5 Å². The molecular formula is C16H18N2O4. The highest BCUT2D eigenvalue weighted by Crippen LogP contribution is 2.34. The number of rotatable bonds is 5. The molecule has 22 heavy (non-hydrogen) atoms. The number of benzene rings is 1. The molecule has 116 valence electrons. The molecule has 1 N–H and O–H groups in total. The van der Waals surface area contributed by atoms with E-state index in [0.717, 1.165) is 17.1 Å². The topological polar surface area (TPSA) is 63.9 Å². The summed E-state index contributed by atoms with van der Waals surface area (Å²) in [5.41, 5.74) is 1.05. The summed E-state index contributed by atoms with van der Waals surface area (Å²) in [5, 5.41) is 2.89. The van der Waals surface area contributed by atoms with E-state index in [9.17, 15) is 4.79 Å². The zero-order chi connectivity index (χ0) is 15.5. The Hall–Kier alpha value is -2.47. The molecule has 0 saturated carbocycles. The number of nitrogens with one attached hydrogen (secondary N) is 1. The van der Waals surface area contributed by atoms with Gasteiger partial charge >= 0.3 is 0 Å². The van der Waals surface area contributed by atoms with Gasteiger partial charge in [-0.2, -0.15) is 0 Å². The molecule has 1 aromatic heterocycles. The van der Waals surface area contributed by atoms with Crippen LogP contribution in [0.3, 0.4) is 0 Å². The third-order valence-corrected chi connectivity index (χ3v) is 3.61. The molecule has 0 aliphatic carbocycles. The predicted molar refractivity (Wildman–Crippen MR) is 80.0 cm³/mol. The fourth-order valence-electron chi connectivity index (χ4n) is 2.40. The molecule has 2 aromatic rings. The fraction of sp³-hybridized carbons (Fsp3) is 0.312. The monoisotopic (exact) mass is 302 g/mol. The van der Waals surface area contributed by atoms with E-state index in [1.807, 2.05) is 37.2 Å². The Bertz CT molecular complexity index is 652. The number of ether oxygens (including phenoxy) is 2. The minimum absolute atomic E-state index is 0.0217. The zero-order valence-corrected chi connectivity index (χ0v) is 12.5. The summed E-state index contributed by atoms with van der Waals surface area (Å²) >= 11 is 0. The SMILES string of the molecule is CN(C)C(CNC(=O)c1ccco1)c1ccc2c(c1)OCO2. The lowest BCUT2D eigenvalue weighted by Gasteiger charge is -2.25. The predicted octanol–water partition coefficient (Wildman–Crippen LogP) is 2.04. The Labute approximate surface area is 128 Å². The minimum Gasteiger partial charge on any atom is -0.459 e. The van der Waals surface area contributed by atoms with Gasteiger partial charge in [-0.15, -0.1) is 0 Å². The minimum atomic E-state index is -0.224. The Morgan fingerprint density at radius 2 is 2.09 bits per heavy atom. The quantitative estimate of drug-likeness (QED) is 0.915. The van der Waals surface area contributed by atoms with Crippen LogP contribution in [0.25, 0.3) is 0 Å². The molecular weight excluding hydrogens is 284 g/mol. The van der Waals surface area contributed by atoms with E-state index < -0.39 is 0 Å². The number of carbonyl (C=O) groups excluding carboxylic acids is 1. The van der Waals surface area contributed by atoms with Crippen molar-refractivity contribution in [1.29, 1.82) is 0 Å². The van der Waals surface area contributed by atoms with Gasteiger partial charge in [0.25, 0.3) is 5.91 Å². The molecule has 0 saturated heterocycles. The molecule has 0 spiro atoms. The second-order valence-electron chi connectivity index (χ2n) is 5.28. The van der Waals surface area contributed by atoms with E-state index in [0.29, 0.717) is 12.3 Å². The van der Waals surface area contributed by atoms with Gasteiger partial charge in [-0.3, -0.25) is 4.79 Å². The van der Waals surface area contributed by atoms with Crippen molar-refractivity contribution >= 4 is 5.91 Å². The highest BCUT2D eigenvalue weighted by atomic mass is 16.7. The van der Waals surface area contributed by atoms with Crippen LogP contribution in [-0.2, 0) is 0 Å². The molecule has 1 amide bonds. The molecule has 1 unspecified atom stereocenters. The average Bonchev–Trinajstić information content (AvgIpc) is 3.17. The molecule has 1 atom stereocenters. The number of nitrogens with zero attached hydrogens (tertiary/aromatic N) is 1. The number of hydrogen-bond donors (Lipinski definition) is 1. The van der Waals surface area contributed by atoms with Crippen molar-refractivity contribution in [2.75, 3.05) is 27.4 Å². The van der Waals surface area contributed by atoms with Gasteiger partial charge in [0.05, 0.1) is 12.3 Å². The number of fused-ring (bicyclic) bond motifs is 1. The number of amides is 1. The largest absolute Gasteiger partial charge is 0.459 e. The van der Waals surface area contributed by atoms with E-state index in [2.05, 4.69) is 5.32 Å². The first-order valence-electron chi connectivity index (χ1n) is 7.03. The van der Waals surface area contributed by atoms with Crippen LogP contribution >= 0.6 is 0 Å². The van der Waals surface area contributed by atoms with Crippen LogP contribution in [0, 0.1) is 0 Å². The van der Waals surface area contributed by atoms with Crippen LogP contribution in [0.15, 0.2) is 41.0 Å². The number of hydrogen-bond acceptors (Lipinski definition) is 5. The Balaban J connectivity index is 1.71. The summed E-state index contributed by atoms with van der Waals surface area (Å²) in [6.45, 7) is 0.715. The third-order valence-electron chi connectivity index (χ3n) is 3.61. The van der Waals surface area contributed by atoms with Gasteiger partial charge in [-0.05, 0) is 43.9 Å². The maximum Gasteiger partial charge on any atom is 0.287 e. The second kappa shape index (κ2) is 6.11. The van der Waals surface area contributed by atoms with E-state index in [1.54, 1.807) is 12.1 Å². The molecule has 6 heteroatoms. The van der Waals surface area contributed by atoms with Crippen molar-refractivity contribution in [3.05, 3.63) is 47.9 Å². The fourth-order valence-corrected chi connectivity index (χ4v) is 2.40. The van der Waals surface area contributed by atoms with E-state index in [1.165, 1.54) is 6.26 Å². The third kappa shape index (κ3) is 2.92. The van der Waals surface area contributed by atoms with Crippen molar-refractivity contribution in [2.24, 2.45) is 0 Å². The van der Waals surface area contributed by atoms with Gasteiger partial charge in [0.15, 0.2) is 17.3 Å². The normalized spacial score (nSPS) is 14.1. The highest BCUT2D eigenvalue weighted by Gasteiger charge is 2.20. The van der Waals surface area contributed by atoms with Crippen molar-refractivity contribution in [3.63, 3.8) is 0 Å². The highest BCUT2D eigenvalue weighted by molar-refractivity contribution is 5.91. The van der Waals surface area contributed by atoms with Gasteiger partial charge in [0.2, 0.25) is 6.79 Å². The lowest BCUT2D eigenvalue weighted by molar-refractivity contribution is 0.0914. The molecule has 3 rings (SSSR count). The molecule has 0 radical (unpaired) electrons. The van der Waals surface area contributed by atoms with Crippen LogP contribution in [-0.4, -0.2) is 38.2 Å². The summed E-state index contributed by atoms with van der Waals surface area (Å²) < 4.78 is 15.8.